The summed E-state index contributed by atoms with van der Waals surface area (Å²) in [5, 5.41) is 0. The van der Waals surface area contributed by atoms with E-state index in [-0.39, 0.29) is 23.7 Å². The maximum Gasteiger partial charge on any atom is 0.233 e. The predicted octanol–water partition coefficient (Wildman–Crippen LogP) is 0.567. The Morgan fingerprint density at radius 3 is 2.08 bits per heavy atom. The topological polar surface area (TPSA) is 37.4 Å². The van der Waals surface area contributed by atoms with Crippen LogP contribution >= 0.6 is 0 Å². The molecular weight excluding hydrogens is 154 g/mol. The number of allylic oxidation sites excluding steroid dienone is 1. The van der Waals surface area contributed by atoms with Crippen LogP contribution in [0.5, 0.6) is 0 Å². The molecule has 0 aromatic carbocycles. The lowest BCUT2D eigenvalue weighted by molar-refractivity contribution is -0.138. The molecule has 0 bridgehead atoms. The average Bonchev–Trinajstić information content (AvgIpc) is 2.49. The van der Waals surface area contributed by atoms with Crippen LogP contribution in [0.15, 0.2) is 12.2 Å². The first-order valence-corrected chi connectivity index (χ1v) is 4.09. The van der Waals surface area contributed by atoms with Crippen LogP contribution in [0.3, 0.4) is 0 Å². The van der Waals surface area contributed by atoms with Crippen LogP contribution in [0.4, 0.5) is 0 Å². The van der Waals surface area contributed by atoms with Crippen LogP contribution in [0, 0.1) is 11.8 Å². The third-order valence-corrected chi connectivity index (χ3v) is 2.80. The molecule has 64 valence electrons. The number of carbonyl (C=O) groups is 2. The number of carbonyl (C=O) groups excluding carboxylic acids is 2. The minimum Gasteiger partial charge on any atom is -0.285 e. The lowest BCUT2D eigenvalue weighted by Gasteiger charge is -2.07. The SMILES string of the molecule is C=C1C[C@@H]2C(=O)N(C)C(=O)[C@@H]2C1. The van der Waals surface area contributed by atoms with Gasteiger partial charge in [-0.1, -0.05) is 12.2 Å². The minimum absolute atomic E-state index is 0.0244. The van der Waals surface area contributed by atoms with Crippen molar-refractivity contribution in [2.45, 2.75) is 12.8 Å². The van der Waals surface area contributed by atoms with E-state index in [4.69, 9.17) is 0 Å². The molecule has 2 atom stereocenters. The number of rotatable bonds is 0. The lowest BCUT2D eigenvalue weighted by Crippen LogP contribution is -2.27. The first-order chi connectivity index (χ1) is 5.61. The summed E-state index contributed by atoms with van der Waals surface area (Å²) in [7, 11) is 1.56. The third-order valence-electron chi connectivity index (χ3n) is 2.80. The van der Waals surface area contributed by atoms with Crippen LogP contribution in [-0.2, 0) is 9.59 Å². The van der Waals surface area contributed by atoms with Gasteiger partial charge in [-0.05, 0) is 12.8 Å². The molecule has 1 heterocycles. The van der Waals surface area contributed by atoms with Gasteiger partial charge in [-0.25, -0.2) is 0 Å². The summed E-state index contributed by atoms with van der Waals surface area (Å²) >= 11 is 0. The summed E-state index contributed by atoms with van der Waals surface area (Å²) in [6.45, 7) is 3.81. The molecule has 0 unspecified atom stereocenters. The number of hydrogen-bond acceptors (Lipinski definition) is 2. The van der Waals surface area contributed by atoms with Crippen molar-refractivity contribution < 1.29 is 9.59 Å². The number of imide groups is 1. The van der Waals surface area contributed by atoms with Crippen LogP contribution in [0.2, 0.25) is 0 Å². The Kier molecular flexibility index (Phi) is 1.37. The summed E-state index contributed by atoms with van der Waals surface area (Å²) in [6, 6.07) is 0. The highest BCUT2D eigenvalue weighted by Gasteiger charge is 2.49. The van der Waals surface area contributed by atoms with Gasteiger partial charge in [-0.15, -0.1) is 0 Å². The molecule has 2 rings (SSSR count). The zero-order valence-electron chi connectivity index (χ0n) is 7.04. The van der Waals surface area contributed by atoms with Crippen LogP contribution in [0.1, 0.15) is 12.8 Å². The molecular formula is C9H11NO2. The Bertz CT molecular complexity index is 256. The molecule has 1 saturated heterocycles. The van der Waals surface area contributed by atoms with E-state index in [1.165, 1.54) is 4.90 Å². The Morgan fingerprint density at radius 1 is 1.25 bits per heavy atom. The molecule has 1 aliphatic heterocycles. The highest BCUT2D eigenvalue weighted by atomic mass is 16.2. The minimum atomic E-state index is -0.0880. The standard InChI is InChI=1S/C9H11NO2/c1-5-3-6-7(4-5)9(12)10(2)8(6)11/h6-7H,1,3-4H2,2H3/t6-,7+. The van der Waals surface area contributed by atoms with Crippen LogP contribution in [0.25, 0.3) is 0 Å². The van der Waals surface area contributed by atoms with E-state index in [9.17, 15) is 9.59 Å². The number of hydrogen-bond donors (Lipinski definition) is 0. The summed E-state index contributed by atoms with van der Waals surface area (Å²) in [5.41, 5.74) is 1.04. The van der Waals surface area contributed by atoms with Crippen LogP contribution < -0.4 is 0 Å². The van der Waals surface area contributed by atoms with E-state index in [0.29, 0.717) is 12.8 Å². The summed E-state index contributed by atoms with van der Waals surface area (Å²) in [4.78, 5) is 24.1. The third kappa shape index (κ3) is 0.763. The van der Waals surface area contributed by atoms with Gasteiger partial charge in [-0.3, -0.25) is 14.5 Å². The van der Waals surface area contributed by atoms with E-state index in [1.807, 2.05) is 0 Å². The van der Waals surface area contributed by atoms with Crippen molar-refractivity contribution in [1.82, 2.24) is 4.90 Å². The fraction of sp³-hybridized carbons (Fsp3) is 0.556. The van der Waals surface area contributed by atoms with Gasteiger partial charge in [0.15, 0.2) is 0 Å². The first kappa shape index (κ1) is 7.53. The number of amides is 2. The molecule has 0 N–H and O–H groups in total. The molecule has 1 aliphatic carbocycles. The van der Waals surface area contributed by atoms with Gasteiger partial charge in [0.2, 0.25) is 11.8 Å². The number of nitrogens with zero attached hydrogens (tertiary/aromatic N) is 1. The molecule has 2 fully saturated rings. The maximum atomic E-state index is 11.4. The summed E-state index contributed by atoms with van der Waals surface area (Å²) < 4.78 is 0. The first-order valence-electron chi connectivity index (χ1n) is 4.09. The van der Waals surface area contributed by atoms with Gasteiger partial charge in [0.25, 0.3) is 0 Å². The second-order valence-electron chi connectivity index (χ2n) is 3.61. The normalized spacial score (nSPS) is 34.8. The van der Waals surface area contributed by atoms with Crippen molar-refractivity contribution in [3.05, 3.63) is 12.2 Å². The summed E-state index contributed by atoms with van der Waals surface area (Å²) in [5.74, 6) is -0.225. The molecule has 2 aliphatic rings. The second-order valence-corrected chi connectivity index (χ2v) is 3.61. The maximum absolute atomic E-state index is 11.4. The quantitative estimate of drug-likeness (QED) is 0.388. The van der Waals surface area contributed by atoms with Crippen molar-refractivity contribution >= 4 is 11.8 Å². The van der Waals surface area contributed by atoms with Crippen molar-refractivity contribution in [2.75, 3.05) is 7.05 Å². The molecule has 0 spiro atoms. The molecule has 0 aromatic rings. The van der Waals surface area contributed by atoms with Gasteiger partial charge >= 0.3 is 0 Å². The molecule has 0 aromatic heterocycles. The molecule has 2 amide bonds. The highest BCUT2D eigenvalue weighted by Crippen LogP contribution is 2.41. The molecule has 3 heteroatoms. The largest absolute Gasteiger partial charge is 0.285 e. The zero-order valence-corrected chi connectivity index (χ0v) is 7.04. The summed E-state index contributed by atoms with van der Waals surface area (Å²) in [6.07, 6.45) is 1.42. The van der Waals surface area contributed by atoms with Gasteiger partial charge < -0.3 is 0 Å². The van der Waals surface area contributed by atoms with Crippen molar-refractivity contribution in [2.24, 2.45) is 11.8 Å². The zero-order chi connectivity index (χ0) is 8.88. The van der Waals surface area contributed by atoms with E-state index < -0.39 is 0 Å². The van der Waals surface area contributed by atoms with Crippen molar-refractivity contribution in [3.63, 3.8) is 0 Å². The van der Waals surface area contributed by atoms with Crippen molar-refractivity contribution in [3.8, 4) is 0 Å². The number of fused-ring (bicyclic) bond motifs is 1. The fourth-order valence-electron chi connectivity index (χ4n) is 2.11. The average molecular weight is 165 g/mol. The van der Waals surface area contributed by atoms with E-state index in [2.05, 4.69) is 6.58 Å². The highest BCUT2D eigenvalue weighted by molar-refractivity contribution is 6.05. The van der Waals surface area contributed by atoms with Gasteiger partial charge in [-0.2, -0.15) is 0 Å². The Morgan fingerprint density at radius 2 is 1.67 bits per heavy atom. The fourth-order valence-corrected chi connectivity index (χ4v) is 2.11. The smallest absolute Gasteiger partial charge is 0.233 e. The van der Waals surface area contributed by atoms with Crippen LogP contribution in [-0.4, -0.2) is 23.8 Å². The molecule has 12 heavy (non-hydrogen) atoms. The molecule has 1 saturated carbocycles. The Balaban J connectivity index is 2.32. The molecule has 3 nitrogen and oxygen atoms in total. The Hall–Kier alpha value is -1.12. The van der Waals surface area contributed by atoms with E-state index >= 15 is 0 Å². The lowest BCUT2D eigenvalue weighted by atomic mass is 10.00. The predicted molar refractivity (Wildman–Crippen MR) is 43.1 cm³/mol. The second kappa shape index (κ2) is 2.19. The van der Waals surface area contributed by atoms with Gasteiger partial charge in [0, 0.05) is 7.05 Å². The molecule has 0 radical (unpaired) electrons. The van der Waals surface area contributed by atoms with Gasteiger partial charge in [0.05, 0.1) is 11.8 Å². The Labute approximate surface area is 71.0 Å². The number of likely N-dealkylation sites (tertiary alicyclic amines) is 1. The van der Waals surface area contributed by atoms with Gasteiger partial charge in [0.1, 0.15) is 0 Å². The monoisotopic (exact) mass is 165 g/mol. The van der Waals surface area contributed by atoms with Crippen molar-refractivity contribution in [1.29, 1.82) is 0 Å². The van der Waals surface area contributed by atoms with E-state index in [1.54, 1.807) is 7.05 Å². The van der Waals surface area contributed by atoms with E-state index in [0.717, 1.165) is 5.57 Å².